The Labute approximate surface area is 217 Å². The topological polar surface area (TPSA) is 127 Å². The maximum atomic E-state index is 13.2. The van der Waals surface area contributed by atoms with E-state index in [1.807, 2.05) is 18.0 Å². The van der Waals surface area contributed by atoms with Crippen molar-refractivity contribution in [3.63, 3.8) is 0 Å². The van der Waals surface area contributed by atoms with Crippen LogP contribution in [0.25, 0.3) is 27.8 Å². The molecule has 0 amide bonds. The Hall–Kier alpha value is -4.59. The van der Waals surface area contributed by atoms with Crippen LogP contribution in [-0.4, -0.2) is 24.7 Å². The Bertz CT molecular complexity index is 1840. The first-order valence-corrected chi connectivity index (χ1v) is 11.3. The first kappa shape index (κ1) is 24.1. The largest absolute Gasteiger partial charge is 0.454 e. The van der Waals surface area contributed by atoms with Gasteiger partial charge in [0.2, 0.25) is 11.6 Å². The summed E-state index contributed by atoms with van der Waals surface area (Å²) in [7, 11) is 0. The van der Waals surface area contributed by atoms with Gasteiger partial charge in [0, 0.05) is 17.1 Å². The average molecular weight is 535 g/mol. The van der Waals surface area contributed by atoms with E-state index in [-0.39, 0.29) is 21.5 Å². The highest BCUT2D eigenvalue weighted by Gasteiger charge is 2.16. The van der Waals surface area contributed by atoms with Gasteiger partial charge in [0.1, 0.15) is 11.8 Å². The zero-order chi connectivity index (χ0) is 26.3. The maximum Gasteiger partial charge on any atom is 0.349 e. The number of nitrogens with one attached hydrogen (secondary N) is 1. The predicted octanol–water partition coefficient (Wildman–Crippen LogP) is 4.95. The van der Waals surface area contributed by atoms with Crippen molar-refractivity contribution in [2.45, 2.75) is 6.92 Å². The fraction of sp³-hybridized carbons (Fsp3) is 0.0400. The third-order valence-corrected chi connectivity index (χ3v) is 5.95. The molecular weight excluding hydrogens is 522 g/mol. The summed E-state index contributed by atoms with van der Waals surface area (Å²) < 4.78 is 19.9. The number of fused-ring (bicyclic) bond motifs is 1. The van der Waals surface area contributed by atoms with Crippen molar-refractivity contribution in [2.75, 3.05) is 0 Å². The second kappa shape index (κ2) is 9.46. The summed E-state index contributed by atoms with van der Waals surface area (Å²) in [6, 6.07) is 14.3. The number of aromatic amines is 1. The first-order valence-electron chi connectivity index (χ1n) is 10.6. The smallest absolute Gasteiger partial charge is 0.349 e. The molecule has 0 saturated heterocycles. The Morgan fingerprint density at radius 2 is 1.84 bits per heavy atom. The minimum absolute atomic E-state index is 0.0648. The van der Waals surface area contributed by atoms with Crippen LogP contribution in [0.5, 0.6) is 11.5 Å². The molecule has 2 aromatic carbocycles. The highest BCUT2D eigenvalue weighted by molar-refractivity contribution is 6.37. The van der Waals surface area contributed by atoms with Crippen LogP contribution in [0.4, 0.5) is 4.39 Å². The van der Waals surface area contributed by atoms with Crippen LogP contribution in [0.1, 0.15) is 11.3 Å². The van der Waals surface area contributed by atoms with Crippen molar-refractivity contribution in [2.24, 2.45) is 0 Å². The van der Waals surface area contributed by atoms with Gasteiger partial charge >= 0.3 is 5.69 Å². The number of hydrogen-bond donors (Lipinski definition) is 1. The Morgan fingerprint density at radius 3 is 2.51 bits per heavy atom. The van der Waals surface area contributed by atoms with E-state index in [1.54, 1.807) is 30.3 Å². The number of rotatable bonds is 4. The number of benzene rings is 2. The van der Waals surface area contributed by atoms with Crippen molar-refractivity contribution in [1.82, 2.24) is 24.7 Å². The molecule has 0 atom stereocenters. The highest BCUT2D eigenvalue weighted by Crippen LogP contribution is 2.39. The number of aromatic nitrogens is 5. The number of pyridine rings is 2. The van der Waals surface area contributed by atoms with Gasteiger partial charge in [-0.05, 0) is 61.0 Å². The van der Waals surface area contributed by atoms with Gasteiger partial charge in [0.15, 0.2) is 5.75 Å². The van der Waals surface area contributed by atoms with Gasteiger partial charge in [-0.2, -0.15) is 14.3 Å². The molecule has 3 aromatic heterocycles. The molecule has 0 aliphatic heterocycles. The molecule has 0 radical (unpaired) electrons. The van der Waals surface area contributed by atoms with Crippen LogP contribution in [0.15, 0.2) is 64.3 Å². The van der Waals surface area contributed by atoms with Crippen LogP contribution in [0.2, 0.25) is 10.0 Å². The molecule has 12 heteroatoms. The zero-order valence-corrected chi connectivity index (χ0v) is 20.3. The number of hydrogen-bond acceptors (Lipinski definition) is 7. The molecule has 5 rings (SSSR count). The van der Waals surface area contributed by atoms with E-state index in [0.717, 1.165) is 15.6 Å². The van der Waals surface area contributed by atoms with E-state index in [9.17, 15) is 14.0 Å². The molecule has 182 valence electrons. The van der Waals surface area contributed by atoms with Crippen LogP contribution < -0.4 is 16.0 Å². The van der Waals surface area contributed by atoms with Gasteiger partial charge in [0.25, 0.3) is 5.56 Å². The number of H-pyrrole nitrogens is 1. The number of aryl methyl sites for hydroxylation is 1. The molecule has 0 aliphatic carbocycles. The second-order valence-corrected chi connectivity index (χ2v) is 8.66. The molecule has 0 fully saturated rings. The van der Waals surface area contributed by atoms with Gasteiger partial charge < -0.3 is 4.74 Å². The van der Waals surface area contributed by atoms with Gasteiger partial charge in [-0.3, -0.25) is 9.78 Å². The summed E-state index contributed by atoms with van der Waals surface area (Å²) in [5.74, 6) is -0.0115. The molecule has 0 saturated carbocycles. The van der Waals surface area contributed by atoms with Crippen molar-refractivity contribution >= 4 is 34.1 Å². The summed E-state index contributed by atoms with van der Waals surface area (Å²) >= 11 is 12.8. The molecular formula is C25H13Cl2FN6O3. The SMILES string of the molecule is Cc1cc(-c2ccc(F)nc2)nc2ccc(Oc3c(Cl)cc(-n4nc(C#N)c(=O)[nH]c4=O)cc3Cl)cc12. The van der Waals surface area contributed by atoms with E-state index < -0.39 is 22.9 Å². The highest BCUT2D eigenvalue weighted by atomic mass is 35.5. The van der Waals surface area contributed by atoms with E-state index in [0.29, 0.717) is 22.5 Å². The van der Waals surface area contributed by atoms with Crippen LogP contribution in [-0.2, 0) is 0 Å². The molecule has 0 bridgehead atoms. The lowest BCUT2D eigenvalue weighted by Crippen LogP contribution is -2.33. The summed E-state index contributed by atoms with van der Waals surface area (Å²) in [5.41, 5.74) is 0.797. The monoisotopic (exact) mass is 534 g/mol. The zero-order valence-electron chi connectivity index (χ0n) is 18.8. The minimum Gasteiger partial charge on any atom is -0.454 e. The quantitative estimate of drug-likeness (QED) is 0.323. The third kappa shape index (κ3) is 4.65. The van der Waals surface area contributed by atoms with Gasteiger partial charge in [-0.15, -0.1) is 5.10 Å². The number of nitriles is 1. The molecule has 0 spiro atoms. The lowest BCUT2D eigenvalue weighted by molar-refractivity contribution is 0.483. The standard InChI is InChI=1S/C25H13Cl2FN6O3/c1-12-6-20(13-2-5-22(28)30-11-13)31-19-4-3-15(9-16(12)19)37-23-17(26)7-14(8-18(23)27)34-25(36)32-24(35)21(10-29)33-34/h2-9,11H,1H3,(H,32,35,36). The molecule has 1 N–H and O–H groups in total. The van der Waals surface area contributed by atoms with Gasteiger partial charge in [-0.25, -0.2) is 14.8 Å². The van der Waals surface area contributed by atoms with E-state index in [4.69, 9.17) is 33.2 Å². The summed E-state index contributed by atoms with van der Waals surface area (Å²) in [4.78, 5) is 34.1. The molecule has 9 nitrogen and oxygen atoms in total. The maximum absolute atomic E-state index is 13.2. The Balaban J connectivity index is 1.49. The normalized spacial score (nSPS) is 10.9. The summed E-state index contributed by atoms with van der Waals surface area (Å²) in [6.07, 6.45) is 1.42. The fourth-order valence-electron chi connectivity index (χ4n) is 3.64. The van der Waals surface area contributed by atoms with Crippen molar-refractivity contribution in [3.05, 3.63) is 103 Å². The lowest BCUT2D eigenvalue weighted by atomic mass is 10.1. The Morgan fingerprint density at radius 1 is 1.08 bits per heavy atom. The minimum atomic E-state index is -0.900. The number of halogens is 3. The Kier molecular flexibility index (Phi) is 6.17. The molecule has 5 aromatic rings. The third-order valence-electron chi connectivity index (χ3n) is 5.39. The van der Waals surface area contributed by atoms with Crippen LogP contribution >= 0.6 is 23.2 Å². The van der Waals surface area contributed by atoms with Crippen LogP contribution in [0, 0.1) is 24.2 Å². The molecule has 0 unspecified atom stereocenters. The van der Waals surface area contributed by atoms with E-state index in [1.165, 1.54) is 24.4 Å². The lowest BCUT2D eigenvalue weighted by Gasteiger charge is -2.13. The molecule has 3 heterocycles. The predicted molar refractivity (Wildman–Crippen MR) is 135 cm³/mol. The average Bonchev–Trinajstić information content (AvgIpc) is 2.87. The first-order chi connectivity index (χ1) is 17.7. The number of nitrogens with zero attached hydrogens (tertiary/aromatic N) is 5. The molecule has 0 aliphatic rings. The van der Waals surface area contributed by atoms with Gasteiger partial charge in [-0.1, -0.05) is 23.2 Å². The fourth-order valence-corrected chi connectivity index (χ4v) is 4.20. The number of ether oxygens (including phenoxy) is 1. The van der Waals surface area contributed by atoms with E-state index in [2.05, 4.69) is 15.1 Å². The van der Waals surface area contributed by atoms with Crippen LogP contribution in [0.3, 0.4) is 0 Å². The summed E-state index contributed by atoms with van der Waals surface area (Å²) in [6.45, 7) is 1.91. The second-order valence-electron chi connectivity index (χ2n) is 7.85. The van der Waals surface area contributed by atoms with Crippen molar-refractivity contribution in [3.8, 4) is 34.5 Å². The van der Waals surface area contributed by atoms with Crippen molar-refractivity contribution < 1.29 is 9.13 Å². The van der Waals surface area contributed by atoms with Crippen molar-refractivity contribution in [1.29, 1.82) is 5.26 Å². The van der Waals surface area contributed by atoms with Gasteiger partial charge in [0.05, 0.1) is 26.9 Å². The van der Waals surface area contributed by atoms with E-state index >= 15 is 0 Å². The molecule has 37 heavy (non-hydrogen) atoms. The summed E-state index contributed by atoms with van der Waals surface area (Å²) in [5, 5.41) is 13.7.